The predicted octanol–water partition coefficient (Wildman–Crippen LogP) is 4.09. The van der Waals surface area contributed by atoms with Crippen molar-refractivity contribution in [2.24, 2.45) is 0 Å². The number of ether oxygens (including phenoxy) is 2. The van der Waals surface area contributed by atoms with E-state index in [1.165, 1.54) is 18.4 Å². The van der Waals surface area contributed by atoms with E-state index in [2.05, 4.69) is 26.0 Å². The molecule has 3 heterocycles. The normalized spacial score (nSPS) is 20.0. The minimum absolute atomic E-state index is 0.0938. The number of aryl methyl sites for hydroxylation is 1. The summed E-state index contributed by atoms with van der Waals surface area (Å²) in [5, 5.41) is 2.93. The number of thiophene rings is 1. The van der Waals surface area contributed by atoms with Gasteiger partial charge in [0.25, 0.3) is 11.8 Å². The Balaban J connectivity index is 1.44. The molecule has 4 rings (SSSR count). The summed E-state index contributed by atoms with van der Waals surface area (Å²) in [6, 6.07) is 8.47. The van der Waals surface area contributed by atoms with E-state index in [1.807, 2.05) is 13.0 Å². The van der Waals surface area contributed by atoms with E-state index in [4.69, 9.17) is 4.74 Å². The van der Waals surface area contributed by atoms with Gasteiger partial charge in [-0.15, -0.1) is 11.3 Å². The summed E-state index contributed by atoms with van der Waals surface area (Å²) in [7, 11) is 1.23. The Kier molecular flexibility index (Phi) is 7.75. The number of likely N-dealkylation sites (tertiary alicyclic amines) is 1. The summed E-state index contributed by atoms with van der Waals surface area (Å²) in [5.41, 5.74) is 1.85. The van der Waals surface area contributed by atoms with Crippen molar-refractivity contribution >= 4 is 56.8 Å². The first-order chi connectivity index (χ1) is 16.8. The molecule has 2 saturated heterocycles. The van der Waals surface area contributed by atoms with Crippen molar-refractivity contribution < 1.29 is 28.7 Å². The minimum Gasteiger partial charge on any atom is -0.438 e. The highest BCUT2D eigenvalue weighted by molar-refractivity contribution is 9.11. The molecule has 0 aliphatic carbocycles. The minimum atomic E-state index is -0.817. The number of hydrogen-bond acceptors (Lipinski definition) is 7. The molecule has 0 saturated carbocycles. The molecule has 2 aliphatic rings. The molecular weight excluding hydrogens is 538 g/mol. The molecule has 35 heavy (non-hydrogen) atoms. The molecule has 11 heteroatoms. The van der Waals surface area contributed by atoms with Gasteiger partial charge in [0, 0.05) is 37.2 Å². The number of hydrogen-bond donors (Lipinski definition) is 1. The SMILES string of the molecule is COC(=O)OC1CCCCN1C(=O)c1ccc(N2CC(NC(=O)c3ccc(Br)s3)CC2=O)cc1C. The molecule has 2 aromatic rings. The summed E-state index contributed by atoms with van der Waals surface area (Å²) >= 11 is 4.68. The number of carbonyl (C=O) groups is 4. The van der Waals surface area contributed by atoms with Crippen molar-refractivity contribution in [1.29, 1.82) is 0 Å². The number of halogens is 1. The van der Waals surface area contributed by atoms with Gasteiger partial charge in [0.05, 0.1) is 21.8 Å². The smallest absolute Gasteiger partial charge is 0.438 e. The predicted molar refractivity (Wildman–Crippen MR) is 134 cm³/mol. The van der Waals surface area contributed by atoms with E-state index in [1.54, 1.807) is 34.1 Å². The number of nitrogens with zero attached hydrogens (tertiary/aromatic N) is 2. The first-order valence-corrected chi connectivity index (χ1v) is 12.9. The second-order valence-electron chi connectivity index (χ2n) is 8.50. The maximum Gasteiger partial charge on any atom is 0.509 e. The Bertz CT molecular complexity index is 1150. The summed E-state index contributed by atoms with van der Waals surface area (Å²) < 4.78 is 10.7. The van der Waals surface area contributed by atoms with Gasteiger partial charge in [0.1, 0.15) is 0 Å². The van der Waals surface area contributed by atoms with Crippen LogP contribution in [0.1, 0.15) is 51.3 Å². The molecule has 3 amide bonds. The van der Waals surface area contributed by atoms with E-state index in [-0.39, 0.29) is 30.2 Å². The Morgan fingerprint density at radius 2 is 1.97 bits per heavy atom. The fourth-order valence-corrected chi connectivity index (χ4v) is 5.66. The largest absolute Gasteiger partial charge is 0.509 e. The van der Waals surface area contributed by atoms with Crippen LogP contribution in [0.3, 0.4) is 0 Å². The number of amides is 3. The lowest BCUT2D eigenvalue weighted by molar-refractivity contribution is -0.117. The van der Waals surface area contributed by atoms with Gasteiger partial charge in [-0.05, 0) is 71.6 Å². The molecule has 1 aromatic carbocycles. The highest BCUT2D eigenvalue weighted by atomic mass is 79.9. The van der Waals surface area contributed by atoms with E-state index < -0.39 is 12.4 Å². The van der Waals surface area contributed by atoms with Gasteiger partial charge in [-0.1, -0.05) is 0 Å². The number of anilines is 1. The quantitative estimate of drug-likeness (QED) is 0.549. The van der Waals surface area contributed by atoms with Gasteiger partial charge in [-0.2, -0.15) is 0 Å². The molecular formula is C24H26BrN3O6S. The van der Waals surface area contributed by atoms with E-state index in [0.717, 1.165) is 16.6 Å². The number of nitrogens with one attached hydrogen (secondary N) is 1. The van der Waals surface area contributed by atoms with Crippen LogP contribution < -0.4 is 10.2 Å². The third-order valence-electron chi connectivity index (χ3n) is 6.12. The molecule has 0 radical (unpaired) electrons. The zero-order valence-electron chi connectivity index (χ0n) is 19.4. The van der Waals surface area contributed by atoms with Crippen LogP contribution in [0.2, 0.25) is 0 Å². The maximum atomic E-state index is 13.3. The van der Waals surface area contributed by atoms with Gasteiger partial charge >= 0.3 is 6.16 Å². The van der Waals surface area contributed by atoms with Crippen molar-refractivity contribution in [2.45, 2.75) is 44.9 Å². The van der Waals surface area contributed by atoms with Crippen molar-refractivity contribution in [3.63, 3.8) is 0 Å². The summed E-state index contributed by atoms with van der Waals surface area (Å²) in [4.78, 5) is 53.8. The van der Waals surface area contributed by atoms with E-state index >= 15 is 0 Å². The topological polar surface area (TPSA) is 105 Å². The molecule has 9 nitrogen and oxygen atoms in total. The van der Waals surface area contributed by atoms with Crippen LogP contribution in [0, 0.1) is 6.92 Å². The number of piperidine rings is 1. The van der Waals surface area contributed by atoms with Crippen LogP contribution >= 0.6 is 27.3 Å². The molecule has 2 atom stereocenters. The van der Waals surface area contributed by atoms with Gasteiger partial charge in [0.2, 0.25) is 5.91 Å². The van der Waals surface area contributed by atoms with Crippen molar-refractivity contribution in [2.75, 3.05) is 25.1 Å². The molecule has 2 aliphatic heterocycles. The first-order valence-electron chi connectivity index (χ1n) is 11.3. The lowest BCUT2D eigenvalue weighted by Crippen LogP contribution is -2.46. The zero-order chi connectivity index (χ0) is 25.1. The fraction of sp³-hybridized carbons (Fsp3) is 0.417. The molecule has 1 aromatic heterocycles. The Morgan fingerprint density at radius 3 is 2.66 bits per heavy atom. The zero-order valence-corrected chi connectivity index (χ0v) is 21.8. The second-order valence-corrected chi connectivity index (χ2v) is 11.0. The van der Waals surface area contributed by atoms with Gasteiger partial charge in [0.15, 0.2) is 6.23 Å². The van der Waals surface area contributed by atoms with Crippen LogP contribution in [-0.2, 0) is 14.3 Å². The highest BCUT2D eigenvalue weighted by Crippen LogP contribution is 2.28. The van der Waals surface area contributed by atoms with Crippen molar-refractivity contribution in [3.8, 4) is 0 Å². The molecule has 0 bridgehead atoms. The van der Waals surface area contributed by atoms with Crippen LogP contribution in [0.5, 0.6) is 0 Å². The molecule has 1 N–H and O–H groups in total. The summed E-state index contributed by atoms with van der Waals surface area (Å²) in [6.07, 6.45) is 0.941. The number of rotatable bonds is 5. The number of carbonyl (C=O) groups excluding carboxylic acids is 4. The lowest BCUT2D eigenvalue weighted by Gasteiger charge is -2.34. The third kappa shape index (κ3) is 5.67. The average molecular weight is 564 g/mol. The van der Waals surface area contributed by atoms with Crippen LogP contribution in [-0.4, -0.2) is 61.2 Å². The number of methoxy groups -OCH3 is 1. The second kappa shape index (κ2) is 10.8. The first kappa shape index (κ1) is 25.2. The molecule has 2 unspecified atom stereocenters. The van der Waals surface area contributed by atoms with E-state index in [0.29, 0.717) is 41.2 Å². The van der Waals surface area contributed by atoms with Crippen molar-refractivity contribution in [1.82, 2.24) is 10.2 Å². The lowest BCUT2D eigenvalue weighted by atomic mass is 10.0. The molecule has 2 fully saturated rings. The third-order valence-corrected chi connectivity index (χ3v) is 7.74. The maximum absolute atomic E-state index is 13.3. The number of benzene rings is 1. The van der Waals surface area contributed by atoms with Crippen LogP contribution in [0.4, 0.5) is 10.5 Å². The summed E-state index contributed by atoms with van der Waals surface area (Å²) in [6.45, 7) is 2.64. The van der Waals surface area contributed by atoms with Crippen LogP contribution in [0.25, 0.3) is 0 Å². The highest BCUT2D eigenvalue weighted by Gasteiger charge is 2.34. The Hall–Kier alpha value is -2.92. The van der Waals surface area contributed by atoms with Crippen LogP contribution in [0.15, 0.2) is 34.1 Å². The van der Waals surface area contributed by atoms with Gasteiger partial charge < -0.3 is 24.6 Å². The van der Waals surface area contributed by atoms with Gasteiger partial charge in [-0.25, -0.2) is 4.79 Å². The van der Waals surface area contributed by atoms with E-state index in [9.17, 15) is 19.2 Å². The molecule has 0 spiro atoms. The standard InChI is InChI=1S/C24H26BrN3O6S/c1-14-11-16(28-13-15(12-20(28)29)26-22(30)18-8-9-19(25)35-18)6-7-17(14)23(31)27-10-4-3-5-21(27)34-24(32)33-2/h6-9,11,15,21H,3-5,10,12-13H2,1-2H3,(H,26,30). The monoisotopic (exact) mass is 563 g/mol. The fourth-order valence-electron chi connectivity index (χ4n) is 4.37. The summed E-state index contributed by atoms with van der Waals surface area (Å²) in [5.74, 6) is -0.533. The van der Waals surface area contributed by atoms with Gasteiger partial charge in [-0.3, -0.25) is 14.4 Å². The Morgan fingerprint density at radius 1 is 1.17 bits per heavy atom. The Labute approximate surface area is 215 Å². The van der Waals surface area contributed by atoms with Crippen molar-refractivity contribution in [3.05, 3.63) is 50.1 Å². The molecule has 186 valence electrons. The average Bonchev–Trinajstić information content (AvgIpc) is 3.44.